The lowest BCUT2D eigenvalue weighted by Crippen LogP contribution is -2.16. The first-order valence-electron chi connectivity index (χ1n) is 4.89. The van der Waals surface area contributed by atoms with Crippen LogP contribution in [0.3, 0.4) is 0 Å². The van der Waals surface area contributed by atoms with Crippen LogP contribution in [0.5, 0.6) is 0 Å². The van der Waals surface area contributed by atoms with E-state index < -0.39 is 6.09 Å². The molecule has 1 amide bonds. The molecule has 0 saturated heterocycles. The van der Waals surface area contributed by atoms with Crippen molar-refractivity contribution in [1.29, 1.82) is 0 Å². The molecular weight excluding hydrogens is 202 g/mol. The lowest BCUT2D eigenvalue weighted by molar-refractivity contribution is 0.0172. The number of hydrogen-bond acceptors (Lipinski definition) is 4. The molecule has 0 saturated carbocycles. The first-order chi connectivity index (χ1) is 7.04. The molecule has 0 aromatic rings. The summed E-state index contributed by atoms with van der Waals surface area (Å²) >= 11 is 0. The van der Waals surface area contributed by atoms with E-state index in [1.807, 2.05) is 0 Å². The summed E-state index contributed by atoms with van der Waals surface area (Å²) in [5.41, 5.74) is 4.03. The molecule has 6 nitrogen and oxygen atoms in total. The summed E-state index contributed by atoms with van der Waals surface area (Å²) in [6.45, 7) is 2.78. The Balaban J connectivity index is 0. The lowest BCUT2D eigenvalue weighted by Gasteiger charge is -2.09. The predicted octanol–water partition coefficient (Wildman–Crippen LogP) is 0.170. The number of primary amides is 1. The molecule has 0 aliphatic heterocycles. The number of aliphatic hydroxyl groups is 2. The highest BCUT2D eigenvalue weighted by Crippen LogP contribution is 1.99. The Hall–Kier alpha value is -0.850. The van der Waals surface area contributed by atoms with Gasteiger partial charge in [-0.2, -0.15) is 0 Å². The zero-order valence-corrected chi connectivity index (χ0v) is 9.06. The van der Waals surface area contributed by atoms with Crippen LogP contribution in [0.25, 0.3) is 0 Å². The molecule has 0 fully saturated rings. The molecule has 0 rings (SSSR count). The Morgan fingerprint density at radius 3 is 2.47 bits per heavy atom. The maximum Gasteiger partial charge on any atom is 0.402 e. The Kier molecular flexibility index (Phi) is 14.5. The highest BCUT2D eigenvalue weighted by Gasteiger charge is 2.01. The van der Waals surface area contributed by atoms with Gasteiger partial charge in [-0.25, -0.2) is 4.79 Å². The minimum Gasteiger partial charge on any atom is -0.465 e. The summed E-state index contributed by atoms with van der Waals surface area (Å²) in [7, 11) is 0. The van der Waals surface area contributed by atoms with Crippen molar-refractivity contribution in [2.45, 2.75) is 32.3 Å². The molecule has 92 valence electrons. The largest absolute Gasteiger partial charge is 0.465 e. The Bertz CT molecular complexity index is 138. The fraction of sp³-hybridized carbons (Fsp3) is 0.889. The van der Waals surface area contributed by atoms with Crippen LogP contribution in [0.4, 0.5) is 4.79 Å². The summed E-state index contributed by atoms with van der Waals surface area (Å²) in [4.78, 5) is 8.78. The third-order valence-corrected chi connectivity index (χ3v) is 1.44. The van der Waals surface area contributed by atoms with E-state index in [9.17, 15) is 5.11 Å². The molecule has 0 bridgehead atoms. The maximum absolute atomic E-state index is 9.20. The van der Waals surface area contributed by atoms with Crippen molar-refractivity contribution in [1.82, 2.24) is 0 Å². The summed E-state index contributed by atoms with van der Waals surface area (Å²) in [6, 6.07) is 0. The van der Waals surface area contributed by atoms with Crippen molar-refractivity contribution in [2.75, 3.05) is 19.8 Å². The van der Waals surface area contributed by atoms with Gasteiger partial charge in [0.05, 0.1) is 25.9 Å². The van der Waals surface area contributed by atoms with Gasteiger partial charge in [0, 0.05) is 0 Å². The van der Waals surface area contributed by atoms with Crippen LogP contribution in [0.2, 0.25) is 0 Å². The van der Waals surface area contributed by atoms with E-state index in [0.29, 0.717) is 13.2 Å². The molecular formula is C9H21NO5. The molecule has 1 atom stereocenters. The number of amides is 1. The fourth-order valence-electron chi connectivity index (χ4n) is 0.807. The van der Waals surface area contributed by atoms with E-state index in [1.54, 1.807) is 0 Å². The van der Waals surface area contributed by atoms with Crippen LogP contribution >= 0.6 is 0 Å². The third kappa shape index (κ3) is 24.6. The molecule has 0 aliphatic rings. The highest BCUT2D eigenvalue weighted by atomic mass is 16.5. The second-order valence-corrected chi connectivity index (χ2v) is 2.93. The van der Waals surface area contributed by atoms with Gasteiger partial charge in [-0.1, -0.05) is 19.8 Å². The molecule has 0 aromatic carbocycles. The van der Waals surface area contributed by atoms with E-state index in [0.717, 1.165) is 19.3 Å². The number of aliphatic hydroxyl groups excluding tert-OH is 2. The number of hydrogen-bond donors (Lipinski definition) is 4. The number of nitrogens with two attached hydrogens (primary N) is 1. The zero-order chi connectivity index (χ0) is 12.1. The van der Waals surface area contributed by atoms with Gasteiger partial charge in [0.25, 0.3) is 0 Å². The molecule has 0 heterocycles. The monoisotopic (exact) mass is 223 g/mol. The zero-order valence-electron chi connectivity index (χ0n) is 9.06. The average molecular weight is 223 g/mol. The molecule has 6 heteroatoms. The Morgan fingerprint density at radius 2 is 2.07 bits per heavy atom. The SMILES string of the molecule is CCCCC(O)COCCO.NC(=O)O. The summed E-state index contributed by atoms with van der Waals surface area (Å²) in [5, 5.41) is 24.7. The van der Waals surface area contributed by atoms with Gasteiger partial charge in [-0.3, -0.25) is 0 Å². The molecule has 0 aliphatic carbocycles. The number of ether oxygens (including phenoxy) is 1. The van der Waals surface area contributed by atoms with Crippen LogP contribution in [0.1, 0.15) is 26.2 Å². The minimum atomic E-state index is -1.33. The normalized spacial score (nSPS) is 11.4. The van der Waals surface area contributed by atoms with E-state index >= 15 is 0 Å². The fourth-order valence-corrected chi connectivity index (χ4v) is 0.807. The van der Waals surface area contributed by atoms with Crippen molar-refractivity contribution in [2.24, 2.45) is 5.73 Å². The van der Waals surface area contributed by atoms with Crippen LogP contribution in [0, 0.1) is 0 Å². The lowest BCUT2D eigenvalue weighted by atomic mass is 10.2. The van der Waals surface area contributed by atoms with Crippen LogP contribution in [0.15, 0.2) is 0 Å². The van der Waals surface area contributed by atoms with E-state index in [2.05, 4.69) is 12.7 Å². The summed E-state index contributed by atoms with van der Waals surface area (Å²) in [5.74, 6) is 0. The predicted molar refractivity (Wildman–Crippen MR) is 55.6 cm³/mol. The van der Waals surface area contributed by atoms with E-state index in [4.69, 9.17) is 19.7 Å². The first kappa shape index (κ1) is 16.6. The standard InChI is InChI=1S/C8H18O3.CH3NO2/c1-2-3-4-8(10)7-11-6-5-9;2-1(3)4/h8-10H,2-7H2,1H3;2H2,(H,3,4). The van der Waals surface area contributed by atoms with Crippen LogP contribution < -0.4 is 5.73 Å². The molecule has 1 unspecified atom stereocenters. The van der Waals surface area contributed by atoms with Crippen molar-refractivity contribution < 1.29 is 24.9 Å². The summed E-state index contributed by atoms with van der Waals surface area (Å²) < 4.78 is 4.94. The second kappa shape index (κ2) is 13.2. The van der Waals surface area contributed by atoms with Gasteiger partial charge >= 0.3 is 6.09 Å². The number of carbonyl (C=O) groups is 1. The minimum absolute atomic E-state index is 0.0283. The molecule has 0 spiro atoms. The van der Waals surface area contributed by atoms with Gasteiger partial charge in [0.15, 0.2) is 0 Å². The van der Waals surface area contributed by atoms with E-state index in [1.165, 1.54) is 0 Å². The van der Waals surface area contributed by atoms with Crippen molar-refractivity contribution >= 4 is 6.09 Å². The Morgan fingerprint density at radius 1 is 1.53 bits per heavy atom. The van der Waals surface area contributed by atoms with Crippen molar-refractivity contribution in [3.8, 4) is 0 Å². The quantitative estimate of drug-likeness (QED) is 0.459. The Labute approximate surface area is 89.7 Å². The van der Waals surface area contributed by atoms with Gasteiger partial charge in [-0.05, 0) is 6.42 Å². The van der Waals surface area contributed by atoms with Gasteiger partial charge < -0.3 is 25.8 Å². The average Bonchev–Trinajstić information content (AvgIpc) is 2.14. The van der Waals surface area contributed by atoms with Gasteiger partial charge in [0.1, 0.15) is 0 Å². The smallest absolute Gasteiger partial charge is 0.402 e. The topological polar surface area (TPSA) is 113 Å². The number of rotatable bonds is 7. The second-order valence-electron chi connectivity index (χ2n) is 2.93. The molecule has 0 aromatic heterocycles. The van der Waals surface area contributed by atoms with Crippen molar-refractivity contribution in [3.63, 3.8) is 0 Å². The third-order valence-electron chi connectivity index (χ3n) is 1.44. The maximum atomic E-state index is 9.20. The first-order valence-corrected chi connectivity index (χ1v) is 4.89. The van der Waals surface area contributed by atoms with E-state index in [-0.39, 0.29) is 12.7 Å². The van der Waals surface area contributed by atoms with Gasteiger partial charge in [-0.15, -0.1) is 0 Å². The number of unbranched alkanes of at least 4 members (excludes halogenated alkanes) is 1. The molecule has 0 radical (unpaired) electrons. The number of carboxylic acid groups (broad SMARTS) is 1. The summed E-state index contributed by atoms with van der Waals surface area (Å²) in [6.07, 6.45) is 1.23. The highest BCUT2D eigenvalue weighted by molar-refractivity contribution is 5.61. The van der Waals surface area contributed by atoms with Crippen LogP contribution in [-0.2, 0) is 4.74 Å². The van der Waals surface area contributed by atoms with Crippen LogP contribution in [-0.4, -0.2) is 47.3 Å². The molecule has 15 heavy (non-hydrogen) atoms. The van der Waals surface area contributed by atoms with Gasteiger partial charge in [0.2, 0.25) is 0 Å². The molecule has 5 N–H and O–H groups in total. The van der Waals surface area contributed by atoms with Crippen molar-refractivity contribution in [3.05, 3.63) is 0 Å².